The lowest BCUT2D eigenvalue weighted by Gasteiger charge is -2.44. The molecule has 8 nitrogen and oxygen atoms in total. The SMILES string of the molecule is COc1cc([C@H]2C[C@@H]2c2nccc(C)n2)nc2cc(N3C[C@@H](O[Si](C(C)C)(C(C)C)C(C)C)C[C@@H]3c3cn4cc(C5CC5)cc(Br)c4n3)ccc12. The summed E-state index contributed by atoms with van der Waals surface area (Å²) in [5.41, 5.74) is 9.13. The van der Waals surface area contributed by atoms with Crippen LogP contribution in [0.1, 0.15) is 119 Å². The highest BCUT2D eigenvalue weighted by Gasteiger charge is 2.49. The summed E-state index contributed by atoms with van der Waals surface area (Å²) in [5, 5.41) is 1.02. The van der Waals surface area contributed by atoms with E-state index in [0.29, 0.717) is 22.5 Å². The van der Waals surface area contributed by atoms with E-state index in [-0.39, 0.29) is 24.0 Å². The van der Waals surface area contributed by atoms with Gasteiger partial charge in [0.15, 0.2) is 5.65 Å². The third-order valence-corrected chi connectivity index (χ3v) is 18.7. The lowest BCUT2D eigenvalue weighted by Crippen LogP contribution is -2.50. The summed E-state index contributed by atoms with van der Waals surface area (Å²) >= 11 is 3.87. The Kier molecular flexibility index (Phi) is 9.03. The smallest absolute Gasteiger partial charge is 0.200 e. The lowest BCUT2D eigenvalue weighted by molar-refractivity contribution is 0.190. The van der Waals surface area contributed by atoms with Gasteiger partial charge in [-0.1, -0.05) is 41.5 Å². The number of rotatable bonds is 11. The van der Waals surface area contributed by atoms with Gasteiger partial charge in [0, 0.05) is 71.9 Å². The molecular weight excluding hydrogens is 716 g/mol. The maximum absolute atomic E-state index is 7.49. The van der Waals surface area contributed by atoms with Gasteiger partial charge in [0.2, 0.25) is 8.32 Å². The van der Waals surface area contributed by atoms with Crippen LogP contribution in [0.4, 0.5) is 5.69 Å². The molecule has 1 aromatic carbocycles. The number of hydrogen-bond donors (Lipinski definition) is 0. The van der Waals surface area contributed by atoms with E-state index in [1.165, 1.54) is 18.4 Å². The molecule has 0 N–H and O–H groups in total. The maximum atomic E-state index is 7.49. The van der Waals surface area contributed by atoms with Crippen molar-refractivity contribution < 1.29 is 9.16 Å². The summed E-state index contributed by atoms with van der Waals surface area (Å²) in [6.07, 6.45) is 10.9. The van der Waals surface area contributed by atoms with Crippen molar-refractivity contribution in [1.29, 1.82) is 0 Å². The first-order chi connectivity index (χ1) is 24.5. The van der Waals surface area contributed by atoms with Crippen LogP contribution in [0.2, 0.25) is 16.6 Å². The molecule has 4 aromatic heterocycles. The maximum Gasteiger partial charge on any atom is 0.200 e. The Balaban J connectivity index is 1.18. The fraction of sp³-hybridized carbons (Fsp3) is 0.512. The van der Waals surface area contributed by atoms with E-state index in [1.54, 1.807) is 7.11 Å². The van der Waals surface area contributed by atoms with Crippen molar-refractivity contribution in [3.8, 4) is 5.75 Å². The van der Waals surface area contributed by atoms with E-state index in [2.05, 4.69) is 114 Å². The minimum atomic E-state index is -2.11. The molecule has 8 rings (SSSR count). The fourth-order valence-corrected chi connectivity index (χ4v) is 15.4. The molecule has 0 spiro atoms. The van der Waals surface area contributed by atoms with E-state index in [9.17, 15) is 0 Å². The number of imidazole rings is 1. The second-order valence-electron chi connectivity index (χ2n) is 16.2. The van der Waals surface area contributed by atoms with Crippen molar-refractivity contribution in [1.82, 2.24) is 24.3 Å². The highest BCUT2D eigenvalue weighted by Crippen LogP contribution is 2.54. The summed E-state index contributed by atoms with van der Waals surface area (Å²) in [7, 11) is -0.360. The molecule has 0 radical (unpaired) electrons. The third kappa shape index (κ3) is 6.29. The summed E-state index contributed by atoms with van der Waals surface area (Å²) in [4.78, 5) is 22.4. The van der Waals surface area contributed by atoms with E-state index >= 15 is 0 Å². The molecule has 5 aromatic rings. The third-order valence-electron chi connectivity index (χ3n) is 11.9. The quantitative estimate of drug-likeness (QED) is 0.124. The number of halogens is 1. The van der Waals surface area contributed by atoms with Crippen molar-refractivity contribution >= 4 is 46.5 Å². The molecule has 0 unspecified atom stereocenters. The number of pyridine rings is 2. The molecule has 2 saturated carbocycles. The highest BCUT2D eigenvalue weighted by molar-refractivity contribution is 9.10. The fourth-order valence-electron chi connectivity index (χ4n) is 9.24. The van der Waals surface area contributed by atoms with Crippen molar-refractivity contribution in [2.75, 3.05) is 18.6 Å². The Bertz CT molecular complexity index is 2070. The van der Waals surface area contributed by atoms with Gasteiger partial charge in [0.25, 0.3) is 0 Å². The van der Waals surface area contributed by atoms with E-state index in [1.807, 2.05) is 19.2 Å². The van der Waals surface area contributed by atoms with Crippen LogP contribution >= 0.6 is 15.9 Å². The Morgan fingerprint density at radius 2 is 1.63 bits per heavy atom. The summed E-state index contributed by atoms with van der Waals surface area (Å²) < 4.78 is 16.7. The number of hydrogen-bond acceptors (Lipinski definition) is 7. The van der Waals surface area contributed by atoms with Gasteiger partial charge in [-0.25, -0.2) is 15.0 Å². The van der Waals surface area contributed by atoms with Gasteiger partial charge < -0.3 is 18.5 Å². The average Bonchev–Trinajstić information content (AvgIpc) is 4.02. The van der Waals surface area contributed by atoms with Crippen LogP contribution in [-0.4, -0.2) is 52.4 Å². The number of ether oxygens (including phenoxy) is 1. The van der Waals surface area contributed by atoms with Gasteiger partial charge in [0.1, 0.15) is 11.6 Å². The van der Waals surface area contributed by atoms with Gasteiger partial charge in [0.05, 0.1) is 34.9 Å². The molecule has 5 heterocycles. The second kappa shape index (κ2) is 13.3. The topological polar surface area (TPSA) is 77.7 Å². The lowest BCUT2D eigenvalue weighted by atomic mass is 10.1. The molecule has 268 valence electrons. The van der Waals surface area contributed by atoms with E-state index in [0.717, 1.165) is 74.8 Å². The zero-order valence-electron chi connectivity index (χ0n) is 31.2. The number of aromatic nitrogens is 5. The van der Waals surface area contributed by atoms with Gasteiger partial charge in [-0.3, -0.25) is 4.98 Å². The molecular formula is C41H51BrN6O2Si. The highest BCUT2D eigenvalue weighted by atomic mass is 79.9. The number of aryl methyl sites for hydroxylation is 1. The number of methoxy groups -OCH3 is 1. The van der Waals surface area contributed by atoms with Gasteiger partial charge >= 0.3 is 0 Å². The van der Waals surface area contributed by atoms with Crippen LogP contribution in [0.25, 0.3) is 16.6 Å². The molecule has 1 saturated heterocycles. The first kappa shape index (κ1) is 34.7. The van der Waals surface area contributed by atoms with Crippen LogP contribution in [0.15, 0.2) is 59.5 Å². The first-order valence-electron chi connectivity index (χ1n) is 18.9. The Morgan fingerprint density at radius 1 is 0.863 bits per heavy atom. The predicted octanol–water partition coefficient (Wildman–Crippen LogP) is 10.4. The molecule has 0 bridgehead atoms. The minimum Gasteiger partial charge on any atom is -0.496 e. The summed E-state index contributed by atoms with van der Waals surface area (Å²) in [6, 6.07) is 13.1. The standard InChI is InChI=1S/C41H51BrN6O2Si/c1-23(2)51(24(3)4,25(5)6)50-30-17-38(37-22-47-20-28(27-9-10-27)15-34(42)41(47)46-37)48(21-30)29-11-12-31-35(16-29)45-36(19-39(31)49-8)32-18-33(32)40-43-14-13-26(7)44-40/h11-16,19-20,22-25,27,30,32-33,38H,9-10,17-18,21H2,1-8H3/t30-,32-,33-,38+/m0/s1. The molecule has 4 atom stereocenters. The zero-order chi connectivity index (χ0) is 35.8. The van der Waals surface area contributed by atoms with Crippen molar-refractivity contribution in [2.24, 2.45) is 0 Å². The molecule has 1 aliphatic heterocycles. The van der Waals surface area contributed by atoms with Crippen LogP contribution in [0, 0.1) is 6.92 Å². The molecule has 0 amide bonds. The predicted molar refractivity (Wildman–Crippen MR) is 211 cm³/mol. The minimum absolute atomic E-state index is 0.0678. The number of anilines is 1. The van der Waals surface area contributed by atoms with Crippen LogP contribution in [-0.2, 0) is 4.43 Å². The number of nitrogens with zero attached hydrogens (tertiary/aromatic N) is 6. The van der Waals surface area contributed by atoms with Crippen molar-refractivity contribution in [3.63, 3.8) is 0 Å². The molecule has 2 aliphatic carbocycles. The normalized spacial score (nSPS) is 22.3. The van der Waals surface area contributed by atoms with Crippen molar-refractivity contribution in [2.45, 2.75) is 121 Å². The Hall–Kier alpha value is -3.34. The van der Waals surface area contributed by atoms with Crippen molar-refractivity contribution in [3.05, 3.63) is 87.9 Å². The Morgan fingerprint density at radius 3 is 2.31 bits per heavy atom. The van der Waals surface area contributed by atoms with Gasteiger partial charge in [-0.2, -0.15) is 0 Å². The molecule has 51 heavy (non-hydrogen) atoms. The van der Waals surface area contributed by atoms with Gasteiger partial charge in [-0.05, 0) is 101 Å². The summed E-state index contributed by atoms with van der Waals surface area (Å²) in [6.45, 7) is 17.1. The first-order valence-corrected chi connectivity index (χ1v) is 21.8. The number of fused-ring (bicyclic) bond motifs is 2. The zero-order valence-corrected chi connectivity index (χ0v) is 33.8. The Labute approximate surface area is 311 Å². The molecule has 3 aliphatic rings. The van der Waals surface area contributed by atoms with E-state index in [4.69, 9.17) is 24.1 Å². The average molecular weight is 768 g/mol. The van der Waals surface area contributed by atoms with Gasteiger partial charge in [-0.15, -0.1) is 0 Å². The van der Waals surface area contributed by atoms with Crippen LogP contribution in [0.5, 0.6) is 5.75 Å². The largest absolute Gasteiger partial charge is 0.496 e. The number of benzene rings is 1. The molecule has 3 fully saturated rings. The second-order valence-corrected chi connectivity index (χ2v) is 22.5. The van der Waals surface area contributed by atoms with Crippen LogP contribution in [0.3, 0.4) is 0 Å². The van der Waals surface area contributed by atoms with Crippen LogP contribution < -0.4 is 9.64 Å². The monoisotopic (exact) mass is 766 g/mol. The molecule has 10 heteroatoms. The van der Waals surface area contributed by atoms with E-state index < -0.39 is 8.32 Å². The summed E-state index contributed by atoms with van der Waals surface area (Å²) in [5.74, 6) is 3.00.